The molecule has 4 heterocycles. The largest absolute Gasteiger partial charge is 0.342 e. The summed E-state index contributed by atoms with van der Waals surface area (Å²) in [6.07, 6.45) is 3.45. The SMILES string of the molecule is Cc1nc2c(SCC(=O)N3CCCCC3)nnc(-c3cccs3)c2s1. The molecule has 0 bridgehead atoms. The van der Waals surface area contributed by atoms with Crippen molar-refractivity contribution in [1.29, 1.82) is 0 Å². The smallest absolute Gasteiger partial charge is 0.232 e. The zero-order valence-electron chi connectivity index (χ0n) is 13.9. The molecule has 0 atom stereocenters. The average molecular weight is 391 g/mol. The van der Waals surface area contributed by atoms with E-state index < -0.39 is 0 Å². The van der Waals surface area contributed by atoms with Crippen molar-refractivity contribution in [3.63, 3.8) is 0 Å². The second-order valence-corrected chi connectivity index (χ2v) is 9.09. The number of carbonyl (C=O) groups is 1. The third-order valence-corrected chi connectivity index (χ3v) is 6.98. The van der Waals surface area contributed by atoms with Gasteiger partial charge in [0.15, 0.2) is 0 Å². The molecule has 0 aromatic carbocycles. The van der Waals surface area contributed by atoms with E-state index in [0.717, 1.165) is 56.8 Å². The van der Waals surface area contributed by atoms with Crippen molar-refractivity contribution < 1.29 is 4.79 Å². The van der Waals surface area contributed by atoms with E-state index in [-0.39, 0.29) is 5.91 Å². The Morgan fingerprint density at radius 2 is 2.12 bits per heavy atom. The van der Waals surface area contributed by atoms with Crippen molar-refractivity contribution in [3.05, 3.63) is 22.5 Å². The molecule has 1 aliphatic heterocycles. The van der Waals surface area contributed by atoms with Gasteiger partial charge in [0.2, 0.25) is 5.91 Å². The van der Waals surface area contributed by atoms with Crippen LogP contribution in [0, 0.1) is 6.92 Å². The van der Waals surface area contributed by atoms with E-state index in [1.165, 1.54) is 18.2 Å². The molecule has 4 rings (SSSR count). The van der Waals surface area contributed by atoms with Gasteiger partial charge in [-0.05, 0) is 37.6 Å². The lowest BCUT2D eigenvalue weighted by Gasteiger charge is -2.26. The van der Waals surface area contributed by atoms with Crippen LogP contribution in [0.1, 0.15) is 24.3 Å². The number of thiazole rings is 1. The fourth-order valence-corrected chi connectivity index (χ4v) is 5.55. The van der Waals surface area contributed by atoms with E-state index in [1.54, 1.807) is 22.7 Å². The van der Waals surface area contributed by atoms with Crippen LogP contribution in [0.2, 0.25) is 0 Å². The Morgan fingerprint density at radius 3 is 2.88 bits per heavy atom. The third kappa shape index (κ3) is 3.56. The number of rotatable bonds is 4. The predicted molar refractivity (Wildman–Crippen MR) is 104 cm³/mol. The first-order valence-electron chi connectivity index (χ1n) is 8.30. The second-order valence-electron chi connectivity index (χ2n) is 5.97. The number of aryl methyl sites for hydroxylation is 1. The number of fused-ring (bicyclic) bond motifs is 1. The van der Waals surface area contributed by atoms with Crippen LogP contribution in [-0.2, 0) is 4.79 Å². The number of likely N-dealkylation sites (tertiary alicyclic amines) is 1. The van der Waals surface area contributed by atoms with Gasteiger partial charge in [-0.25, -0.2) is 4.98 Å². The first-order valence-corrected chi connectivity index (χ1v) is 11.0. The Hall–Kier alpha value is -1.51. The standard InChI is InChI=1S/C17H18N4OS3/c1-11-18-15-16(25-11)14(12-6-5-9-23-12)19-20-17(15)24-10-13(22)21-7-3-2-4-8-21/h5-6,9H,2-4,7-8,10H2,1H3. The first-order chi connectivity index (χ1) is 12.2. The number of thiophene rings is 1. The van der Waals surface area contributed by atoms with E-state index in [1.807, 2.05) is 23.3 Å². The van der Waals surface area contributed by atoms with Crippen LogP contribution < -0.4 is 0 Å². The number of carbonyl (C=O) groups excluding carboxylic acids is 1. The van der Waals surface area contributed by atoms with E-state index in [4.69, 9.17) is 0 Å². The average Bonchev–Trinajstić information content (AvgIpc) is 3.29. The number of nitrogens with zero attached hydrogens (tertiary/aromatic N) is 4. The van der Waals surface area contributed by atoms with Gasteiger partial charge in [0, 0.05) is 13.1 Å². The fraction of sp³-hybridized carbons (Fsp3) is 0.412. The Bertz CT molecular complexity index is 885. The van der Waals surface area contributed by atoms with Gasteiger partial charge in [-0.15, -0.1) is 32.9 Å². The number of hydrogen-bond donors (Lipinski definition) is 0. The highest BCUT2D eigenvalue weighted by Crippen LogP contribution is 2.36. The molecule has 0 N–H and O–H groups in total. The minimum absolute atomic E-state index is 0.189. The van der Waals surface area contributed by atoms with E-state index in [2.05, 4.69) is 21.2 Å². The molecule has 1 aliphatic rings. The van der Waals surface area contributed by atoms with Crippen LogP contribution >= 0.6 is 34.4 Å². The number of amides is 1. The molecular formula is C17H18N4OS3. The predicted octanol–water partition coefficient (Wildman–Crippen LogP) is 4.23. The van der Waals surface area contributed by atoms with Crippen LogP contribution in [0.5, 0.6) is 0 Å². The van der Waals surface area contributed by atoms with Gasteiger partial charge >= 0.3 is 0 Å². The minimum Gasteiger partial charge on any atom is -0.342 e. The molecule has 5 nitrogen and oxygen atoms in total. The van der Waals surface area contributed by atoms with Gasteiger partial charge in [-0.3, -0.25) is 4.79 Å². The lowest BCUT2D eigenvalue weighted by Crippen LogP contribution is -2.36. The van der Waals surface area contributed by atoms with Crippen LogP contribution in [0.4, 0.5) is 0 Å². The highest BCUT2D eigenvalue weighted by Gasteiger charge is 2.20. The number of piperidine rings is 1. The first kappa shape index (κ1) is 16.9. The van der Waals surface area contributed by atoms with Gasteiger partial charge < -0.3 is 4.90 Å². The van der Waals surface area contributed by atoms with Crippen LogP contribution in [0.15, 0.2) is 22.5 Å². The highest BCUT2D eigenvalue weighted by molar-refractivity contribution is 8.00. The maximum atomic E-state index is 12.4. The van der Waals surface area contributed by atoms with Crippen LogP contribution in [0.25, 0.3) is 20.8 Å². The molecule has 0 saturated carbocycles. The monoisotopic (exact) mass is 390 g/mol. The Morgan fingerprint density at radius 1 is 1.28 bits per heavy atom. The summed E-state index contributed by atoms with van der Waals surface area (Å²) < 4.78 is 1.06. The molecular weight excluding hydrogens is 372 g/mol. The number of aromatic nitrogens is 3. The summed E-state index contributed by atoms with van der Waals surface area (Å²) in [4.78, 5) is 20.1. The molecule has 0 unspecified atom stereocenters. The number of hydrogen-bond acceptors (Lipinski definition) is 7. The number of thioether (sulfide) groups is 1. The Kier molecular flexibility index (Phi) is 5.00. The van der Waals surface area contributed by atoms with Gasteiger partial charge in [0.05, 0.1) is 20.3 Å². The lowest BCUT2D eigenvalue weighted by molar-refractivity contribution is -0.129. The third-order valence-electron chi connectivity index (χ3n) is 4.19. The summed E-state index contributed by atoms with van der Waals surface area (Å²) in [5, 5.41) is 12.6. The molecule has 8 heteroatoms. The topological polar surface area (TPSA) is 59.0 Å². The van der Waals surface area contributed by atoms with Crippen LogP contribution in [-0.4, -0.2) is 44.8 Å². The molecule has 25 heavy (non-hydrogen) atoms. The van der Waals surface area contributed by atoms with E-state index >= 15 is 0 Å². The van der Waals surface area contributed by atoms with E-state index in [0.29, 0.717) is 5.75 Å². The van der Waals surface area contributed by atoms with Crippen molar-refractivity contribution in [2.45, 2.75) is 31.2 Å². The summed E-state index contributed by atoms with van der Waals surface area (Å²) >= 11 is 4.74. The maximum absolute atomic E-state index is 12.4. The summed E-state index contributed by atoms with van der Waals surface area (Å²) in [7, 11) is 0. The highest BCUT2D eigenvalue weighted by atomic mass is 32.2. The minimum atomic E-state index is 0.189. The van der Waals surface area contributed by atoms with Gasteiger partial charge in [0.1, 0.15) is 16.2 Å². The van der Waals surface area contributed by atoms with Gasteiger partial charge in [-0.1, -0.05) is 17.8 Å². The van der Waals surface area contributed by atoms with Gasteiger partial charge in [-0.2, -0.15) is 0 Å². The van der Waals surface area contributed by atoms with Crippen molar-refractivity contribution in [3.8, 4) is 10.6 Å². The normalized spacial score (nSPS) is 15.0. The molecule has 0 aliphatic carbocycles. The zero-order valence-corrected chi connectivity index (χ0v) is 16.3. The lowest BCUT2D eigenvalue weighted by atomic mass is 10.1. The quantitative estimate of drug-likeness (QED) is 0.624. The van der Waals surface area contributed by atoms with Crippen molar-refractivity contribution >= 4 is 50.6 Å². The van der Waals surface area contributed by atoms with Crippen molar-refractivity contribution in [2.75, 3.05) is 18.8 Å². The molecule has 1 saturated heterocycles. The fourth-order valence-electron chi connectivity index (χ4n) is 2.96. The van der Waals surface area contributed by atoms with Crippen molar-refractivity contribution in [1.82, 2.24) is 20.1 Å². The van der Waals surface area contributed by atoms with E-state index in [9.17, 15) is 4.79 Å². The maximum Gasteiger partial charge on any atom is 0.232 e. The molecule has 1 amide bonds. The second kappa shape index (κ2) is 7.39. The molecule has 0 spiro atoms. The summed E-state index contributed by atoms with van der Waals surface area (Å²) in [5.74, 6) is 0.590. The zero-order chi connectivity index (χ0) is 17.2. The molecule has 0 radical (unpaired) electrons. The van der Waals surface area contributed by atoms with Crippen LogP contribution in [0.3, 0.4) is 0 Å². The molecule has 3 aromatic heterocycles. The van der Waals surface area contributed by atoms with Crippen molar-refractivity contribution in [2.24, 2.45) is 0 Å². The Labute approximate surface area is 158 Å². The molecule has 130 valence electrons. The summed E-state index contributed by atoms with van der Waals surface area (Å²) in [6.45, 7) is 3.76. The summed E-state index contributed by atoms with van der Waals surface area (Å²) in [6, 6.07) is 4.07. The van der Waals surface area contributed by atoms with Gasteiger partial charge in [0.25, 0.3) is 0 Å². The molecule has 1 fully saturated rings. The Balaban J connectivity index is 1.58. The summed E-state index contributed by atoms with van der Waals surface area (Å²) in [5.41, 5.74) is 1.76. The molecule has 3 aromatic rings.